The van der Waals surface area contributed by atoms with Crippen LogP contribution in [0.5, 0.6) is 0 Å². The van der Waals surface area contributed by atoms with E-state index in [1.54, 1.807) is 6.33 Å². The summed E-state index contributed by atoms with van der Waals surface area (Å²) in [5, 5.41) is 8.31. The molecule has 0 aliphatic carbocycles. The van der Waals surface area contributed by atoms with Crippen molar-refractivity contribution in [1.29, 1.82) is 0 Å². The van der Waals surface area contributed by atoms with Crippen LogP contribution in [0.15, 0.2) is 55.1 Å². The number of carbonyl (C=O) groups excluding carboxylic acids is 1. The molecule has 0 N–H and O–H groups in total. The summed E-state index contributed by atoms with van der Waals surface area (Å²) in [6.45, 7) is 4.51. The Morgan fingerprint density at radius 3 is 2.46 bits per heavy atom. The molecule has 2 aromatic heterocycles. The first kappa shape index (κ1) is 16.6. The third-order valence-corrected chi connectivity index (χ3v) is 5.15. The maximum Gasteiger partial charge on any atom is 0.253 e. The Morgan fingerprint density at radius 1 is 1.12 bits per heavy atom. The Balaban J connectivity index is 1.40. The molecule has 0 saturated carbocycles. The smallest absolute Gasteiger partial charge is 0.253 e. The Morgan fingerprint density at radius 2 is 1.81 bits per heavy atom. The number of amides is 1. The average molecular weight is 349 g/mol. The molecule has 0 radical (unpaired) electrons. The zero-order valence-corrected chi connectivity index (χ0v) is 15.0. The number of aryl methyl sites for hydroxylation is 1. The summed E-state index contributed by atoms with van der Waals surface area (Å²) in [4.78, 5) is 14.8. The lowest BCUT2D eigenvalue weighted by atomic mass is 9.95. The number of likely N-dealkylation sites (tertiary alicyclic amines) is 1. The van der Waals surface area contributed by atoms with Gasteiger partial charge in [-0.05, 0) is 56.2 Å². The van der Waals surface area contributed by atoms with E-state index in [4.69, 9.17) is 0 Å². The van der Waals surface area contributed by atoms with Gasteiger partial charge in [-0.2, -0.15) is 0 Å². The molecule has 26 heavy (non-hydrogen) atoms. The van der Waals surface area contributed by atoms with Gasteiger partial charge in [0, 0.05) is 49.2 Å². The topological polar surface area (TPSA) is 56.0 Å². The third-order valence-electron chi connectivity index (χ3n) is 5.15. The van der Waals surface area contributed by atoms with Crippen molar-refractivity contribution in [2.24, 2.45) is 0 Å². The molecule has 6 heteroatoms. The van der Waals surface area contributed by atoms with E-state index < -0.39 is 0 Å². The lowest BCUT2D eigenvalue weighted by molar-refractivity contribution is 0.0710. The first-order chi connectivity index (χ1) is 12.8. The highest BCUT2D eigenvalue weighted by atomic mass is 16.2. The molecule has 1 fully saturated rings. The van der Waals surface area contributed by atoms with Gasteiger partial charge in [-0.1, -0.05) is 0 Å². The highest BCUT2D eigenvalue weighted by molar-refractivity contribution is 5.94. The second-order valence-corrected chi connectivity index (χ2v) is 6.68. The summed E-state index contributed by atoms with van der Waals surface area (Å²) in [7, 11) is 0. The largest absolute Gasteiger partial charge is 0.339 e. The Labute approximate surface area is 153 Å². The predicted molar refractivity (Wildman–Crippen MR) is 99.3 cm³/mol. The molecule has 1 saturated heterocycles. The van der Waals surface area contributed by atoms with E-state index in [1.807, 2.05) is 58.3 Å². The Hall–Kier alpha value is -2.89. The van der Waals surface area contributed by atoms with Crippen molar-refractivity contribution in [3.63, 3.8) is 0 Å². The van der Waals surface area contributed by atoms with Crippen molar-refractivity contribution >= 4 is 5.91 Å². The lowest BCUT2D eigenvalue weighted by Gasteiger charge is -2.31. The minimum Gasteiger partial charge on any atom is -0.339 e. The fraction of sp³-hybridized carbons (Fsp3) is 0.350. The van der Waals surface area contributed by atoms with E-state index in [0.717, 1.165) is 49.6 Å². The summed E-state index contributed by atoms with van der Waals surface area (Å²) in [6.07, 6.45) is 7.66. The maximum absolute atomic E-state index is 12.8. The van der Waals surface area contributed by atoms with Crippen molar-refractivity contribution < 1.29 is 4.79 Å². The molecule has 3 heterocycles. The van der Waals surface area contributed by atoms with Gasteiger partial charge in [0.05, 0.1) is 0 Å². The lowest BCUT2D eigenvalue weighted by Crippen LogP contribution is -2.38. The SMILES string of the molecule is CCn1cnnc1C1CCN(C(=O)c2ccc(-n3cccc3)cc2)CC1. The van der Waals surface area contributed by atoms with Crippen LogP contribution in [0.3, 0.4) is 0 Å². The van der Waals surface area contributed by atoms with E-state index >= 15 is 0 Å². The van der Waals surface area contributed by atoms with Crippen molar-refractivity contribution in [3.8, 4) is 5.69 Å². The molecule has 1 aliphatic rings. The monoisotopic (exact) mass is 349 g/mol. The number of carbonyl (C=O) groups is 1. The standard InChI is InChI=1S/C20H23N5O/c1-2-23-15-21-22-19(23)16-9-13-25(14-10-16)20(26)17-5-7-18(8-6-17)24-11-3-4-12-24/h3-8,11-12,15-16H,2,9-10,13-14H2,1H3. The molecule has 1 aliphatic heterocycles. The van der Waals surface area contributed by atoms with Gasteiger partial charge in [0.25, 0.3) is 5.91 Å². The molecule has 0 bridgehead atoms. The van der Waals surface area contributed by atoms with Gasteiger partial charge in [0.2, 0.25) is 0 Å². The number of nitrogens with zero attached hydrogens (tertiary/aromatic N) is 5. The van der Waals surface area contributed by atoms with Crippen molar-refractivity contribution in [2.75, 3.05) is 13.1 Å². The molecule has 0 atom stereocenters. The zero-order chi connectivity index (χ0) is 17.9. The maximum atomic E-state index is 12.8. The van der Waals surface area contributed by atoms with Crippen LogP contribution in [0, 0.1) is 0 Å². The molecule has 134 valence electrons. The van der Waals surface area contributed by atoms with Crippen molar-refractivity contribution in [2.45, 2.75) is 32.2 Å². The first-order valence-corrected chi connectivity index (χ1v) is 9.16. The molecule has 4 rings (SSSR count). The molecule has 0 spiro atoms. The number of aromatic nitrogens is 4. The zero-order valence-electron chi connectivity index (χ0n) is 15.0. The van der Waals surface area contributed by atoms with Gasteiger partial charge >= 0.3 is 0 Å². The van der Waals surface area contributed by atoms with E-state index in [0.29, 0.717) is 5.92 Å². The summed E-state index contributed by atoms with van der Waals surface area (Å²) in [5.41, 5.74) is 1.81. The fourth-order valence-corrected chi connectivity index (χ4v) is 3.63. The number of piperidine rings is 1. The van der Waals surface area contributed by atoms with Gasteiger partial charge in [-0.3, -0.25) is 4.79 Å². The summed E-state index contributed by atoms with van der Waals surface area (Å²) < 4.78 is 4.13. The van der Waals surface area contributed by atoms with Gasteiger partial charge < -0.3 is 14.0 Å². The molecule has 0 unspecified atom stereocenters. The van der Waals surface area contributed by atoms with Crippen LogP contribution >= 0.6 is 0 Å². The fourth-order valence-electron chi connectivity index (χ4n) is 3.63. The highest BCUT2D eigenvalue weighted by Gasteiger charge is 2.27. The first-order valence-electron chi connectivity index (χ1n) is 9.16. The number of benzene rings is 1. The molecular formula is C20H23N5O. The van der Waals surface area contributed by atoms with Gasteiger partial charge in [-0.15, -0.1) is 10.2 Å². The molecule has 6 nitrogen and oxygen atoms in total. The summed E-state index contributed by atoms with van der Waals surface area (Å²) >= 11 is 0. The Bertz CT molecular complexity index is 858. The van der Waals surface area contributed by atoms with Crippen LogP contribution in [0.2, 0.25) is 0 Å². The molecular weight excluding hydrogens is 326 g/mol. The van der Waals surface area contributed by atoms with Gasteiger partial charge in [-0.25, -0.2) is 0 Å². The average Bonchev–Trinajstić information content (AvgIpc) is 3.39. The second kappa shape index (κ2) is 7.15. The summed E-state index contributed by atoms with van der Waals surface area (Å²) in [5.74, 6) is 1.55. The van der Waals surface area contributed by atoms with E-state index in [1.165, 1.54) is 0 Å². The minimum absolute atomic E-state index is 0.111. The van der Waals surface area contributed by atoms with Crippen molar-refractivity contribution in [1.82, 2.24) is 24.2 Å². The highest BCUT2D eigenvalue weighted by Crippen LogP contribution is 2.27. The van der Waals surface area contributed by atoms with E-state index in [9.17, 15) is 4.79 Å². The number of hydrogen-bond donors (Lipinski definition) is 0. The molecule has 3 aromatic rings. The van der Waals surface area contributed by atoms with Crippen molar-refractivity contribution in [3.05, 3.63) is 66.5 Å². The van der Waals surface area contributed by atoms with Gasteiger partial charge in [0.1, 0.15) is 12.2 Å². The Kier molecular flexibility index (Phi) is 4.56. The number of rotatable bonds is 4. The van der Waals surface area contributed by atoms with Crippen LogP contribution in [0.1, 0.15) is 41.9 Å². The minimum atomic E-state index is 0.111. The predicted octanol–water partition coefficient (Wildman–Crippen LogP) is 3.11. The van der Waals surface area contributed by atoms with Crippen LogP contribution < -0.4 is 0 Å². The van der Waals surface area contributed by atoms with Crippen LogP contribution in [0.4, 0.5) is 0 Å². The third kappa shape index (κ3) is 3.14. The summed E-state index contributed by atoms with van der Waals surface area (Å²) in [6, 6.07) is 11.8. The molecule has 1 amide bonds. The number of hydrogen-bond acceptors (Lipinski definition) is 3. The van der Waals surface area contributed by atoms with E-state index in [-0.39, 0.29) is 5.91 Å². The van der Waals surface area contributed by atoms with Gasteiger partial charge in [0.15, 0.2) is 0 Å². The van der Waals surface area contributed by atoms with Crippen LogP contribution in [-0.2, 0) is 6.54 Å². The normalized spacial score (nSPS) is 15.3. The van der Waals surface area contributed by atoms with Crippen LogP contribution in [-0.4, -0.2) is 43.2 Å². The van der Waals surface area contributed by atoms with E-state index in [2.05, 4.69) is 21.7 Å². The molecule has 1 aromatic carbocycles. The van der Waals surface area contributed by atoms with Crippen LogP contribution in [0.25, 0.3) is 5.69 Å². The quantitative estimate of drug-likeness (QED) is 0.727. The second-order valence-electron chi connectivity index (χ2n) is 6.68.